The summed E-state index contributed by atoms with van der Waals surface area (Å²) in [5, 5.41) is 12.7. The number of hydrogen-bond acceptors (Lipinski definition) is 5. The number of benzene rings is 4. The average molecular weight is 638 g/mol. The molecule has 6 rings (SSSR count). The predicted molar refractivity (Wildman–Crippen MR) is 170 cm³/mol. The molecule has 0 spiro atoms. The van der Waals surface area contributed by atoms with E-state index in [0.29, 0.717) is 16.5 Å². The average Bonchev–Trinajstić information content (AvgIpc) is 3.45. The molecular weight excluding hydrogens is 606 g/mol. The van der Waals surface area contributed by atoms with Crippen molar-refractivity contribution in [2.24, 2.45) is 0 Å². The molecule has 1 fully saturated rings. The molecule has 2 heterocycles. The zero-order valence-corrected chi connectivity index (χ0v) is 29.0. The Hall–Kier alpha value is -2.17. The van der Waals surface area contributed by atoms with Crippen LogP contribution < -0.4 is 66.3 Å². The molecule has 0 amide bonds. The van der Waals surface area contributed by atoms with E-state index >= 15 is 0 Å². The van der Waals surface area contributed by atoms with Crippen LogP contribution in [0.5, 0.6) is 0 Å². The predicted octanol–water partition coefficient (Wildman–Crippen LogP) is 3.70. The van der Waals surface area contributed by atoms with E-state index < -0.39 is 0 Å². The second-order valence-electron chi connectivity index (χ2n) is 10.4. The SMILES string of the molecule is CN(C[O-])c1cccc(-n2cc(-c3ccc(Cl)cc3Cl)nc2Cc2ccc(-c3ccc(N4CCOCC4)cc3)cc2)c1.[K+]. The smallest absolute Gasteiger partial charge is 0.839 e. The summed E-state index contributed by atoms with van der Waals surface area (Å²) >= 11 is 12.7. The van der Waals surface area contributed by atoms with E-state index in [1.54, 1.807) is 18.0 Å². The van der Waals surface area contributed by atoms with Crippen LogP contribution in [-0.2, 0) is 11.2 Å². The summed E-state index contributed by atoms with van der Waals surface area (Å²) in [5.74, 6) is 0.862. The Morgan fingerprint density at radius 3 is 2.23 bits per heavy atom. The summed E-state index contributed by atoms with van der Waals surface area (Å²) in [5.41, 5.74) is 8.04. The Labute approximate surface area is 305 Å². The molecule has 1 aliphatic heterocycles. The zero-order valence-electron chi connectivity index (χ0n) is 24.3. The number of imidazole rings is 1. The van der Waals surface area contributed by atoms with Crippen molar-refractivity contribution >= 4 is 34.6 Å². The van der Waals surface area contributed by atoms with Gasteiger partial charge in [0.2, 0.25) is 0 Å². The van der Waals surface area contributed by atoms with Crippen molar-refractivity contribution in [3.8, 4) is 28.1 Å². The standard InChI is InChI=1S/C34H31Cl2N4O2.K/c1-38(23-41)29-3-2-4-30(21-29)40-22-33(31-14-11-27(35)20-32(31)36)37-34(40)19-24-5-7-25(8-6-24)26-9-12-28(13-10-26)39-15-17-42-18-16-39;/h2-14,20-22H,15-19,23H2,1H3;/q-1;+1. The Balaban J connectivity index is 0.00000368. The number of hydrogen-bond donors (Lipinski definition) is 0. The second kappa shape index (κ2) is 14.7. The van der Waals surface area contributed by atoms with Crippen LogP contribution in [0, 0.1) is 0 Å². The van der Waals surface area contributed by atoms with Crippen LogP contribution in [0.4, 0.5) is 11.4 Å². The van der Waals surface area contributed by atoms with Gasteiger partial charge in [-0.15, -0.1) is 0 Å². The molecule has 4 aromatic carbocycles. The summed E-state index contributed by atoms with van der Waals surface area (Å²) in [6, 6.07) is 30.7. The van der Waals surface area contributed by atoms with Gasteiger partial charge >= 0.3 is 51.4 Å². The summed E-state index contributed by atoms with van der Waals surface area (Å²) in [7, 11) is 1.79. The van der Waals surface area contributed by atoms with Crippen LogP contribution in [0.3, 0.4) is 0 Å². The number of halogens is 2. The third-order valence-electron chi connectivity index (χ3n) is 7.62. The summed E-state index contributed by atoms with van der Waals surface area (Å²) < 4.78 is 7.55. The van der Waals surface area contributed by atoms with Crippen LogP contribution in [-0.4, -0.2) is 49.6 Å². The number of aromatic nitrogens is 2. The third-order valence-corrected chi connectivity index (χ3v) is 8.17. The van der Waals surface area contributed by atoms with Crippen molar-refractivity contribution in [1.29, 1.82) is 0 Å². The Morgan fingerprint density at radius 2 is 1.56 bits per heavy atom. The largest absolute Gasteiger partial charge is 1.00 e. The first-order valence-electron chi connectivity index (χ1n) is 13.9. The minimum absolute atomic E-state index is 0. The van der Waals surface area contributed by atoms with Gasteiger partial charge in [-0.3, -0.25) is 0 Å². The van der Waals surface area contributed by atoms with Crippen LogP contribution in [0.15, 0.2) is 97.2 Å². The Kier molecular flexibility index (Phi) is 11.0. The van der Waals surface area contributed by atoms with E-state index in [1.165, 1.54) is 11.3 Å². The number of anilines is 2. The van der Waals surface area contributed by atoms with Gasteiger partial charge in [0.15, 0.2) is 0 Å². The molecule has 9 heteroatoms. The fourth-order valence-electron chi connectivity index (χ4n) is 5.23. The molecular formula is C34H31Cl2KN4O2. The molecule has 1 saturated heterocycles. The van der Waals surface area contributed by atoms with Gasteiger partial charge in [0.1, 0.15) is 5.82 Å². The van der Waals surface area contributed by atoms with Gasteiger partial charge in [0, 0.05) is 60.4 Å². The van der Waals surface area contributed by atoms with Crippen LogP contribution in [0.25, 0.3) is 28.1 Å². The molecule has 0 saturated carbocycles. The van der Waals surface area contributed by atoms with Crippen LogP contribution in [0.2, 0.25) is 10.0 Å². The first-order valence-corrected chi connectivity index (χ1v) is 14.7. The normalized spacial score (nSPS) is 13.1. The number of ether oxygens (including phenoxy) is 1. The van der Waals surface area contributed by atoms with Gasteiger partial charge < -0.3 is 24.2 Å². The molecule has 214 valence electrons. The fourth-order valence-corrected chi connectivity index (χ4v) is 5.74. The molecule has 0 radical (unpaired) electrons. The molecule has 0 atom stereocenters. The molecule has 5 aromatic rings. The molecule has 0 unspecified atom stereocenters. The van der Waals surface area contributed by atoms with Crippen LogP contribution in [0.1, 0.15) is 11.4 Å². The van der Waals surface area contributed by atoms with E-state index in [9.17, 15) is 5.11 Å². The number of rotatable bonds is 8. The number of nitrogens with zero attached hydrogens (tertiary/aromatic N) is 4. The molecule has 6 nitrogen and oxygen atoms in total. The van der Waals surface area contributed by atoms with Crippen molar-refractivity contribution in [2.45, 2.75) is 6.42 Å². The summed E-state index contributed by atoms with van der Waals surface area (Å²) in [4.78, 5) is 9.05. The van der Waals surface area contributed by atoms with Gasteiger partial charge in [-0.25, -0.2) is 4.98 Å². The maximum absolute atomic E-state index is 11.5. The van der Waals surface area contributed by atoms with Gasteiger partial charge in [-0.1, -0.05) is 72.4 Å². The Bertz CT molecular complexity index is 1670. The van der Waals surface area contributed by atoms with Gasteiger partial charge in [0.25, 0.3) is 0 Å². The van der Waals surface area contributed by atoms with E-state index in [2.05, 4.69) is 58.0 Å². The topological polar surface area (TPSA) is 56.6 Å². The minimum atomic E-state index is -0.325. The molecule has 1 aromatic heterocycles. The van der Waals surface area contributed by atoms with Gasteiger partial charge in [-0.05, 0) is 65.2 Å². The first kappa shape index (κ1) is 32.2. The third kappa shape index (κ3) is 7.56. The summed E-state index contributed by atoms with van der Waals surface area (Å²) in [6.07, 6.45) is 2.61. The van der Waals surface area contributed by atoms with E-state index in [4.69, 9.17) is 32.9 Å². The van der Waals surface area contributed by atoms with Crippen molar-refractivity contribution < 1.29 is 61.2 Å². The Morgan fingerprint density at radius 1 is 0.860 bits per heavy atom. The molecule has 1 aliphatic rings. The van der Waals surface area contributed by atoms with Gasteiger partial charge in [-0.2, -0.15) is 0 Å². The van der Waals surface area contributed by atoms with E-state index in [-0.39, 0.29) is 58.1 Å². The van der Waals surface area contributed by atoms with E-state index in [0.717, 1.165) is 65.9 Å². The van der Waals surface area contributed by atoms with Crippen molar-refractivity contribution in [2.75, 3.05) is 49.9 Å². The van der Waals surface area contributed by atoms with Gasteiger partial charge in [0.05, 0.1) is 23.9 Å². The van der Waals surface area contributed by atoms with Crippen molar-refractivity contribution in [3.05, 3.63) is 119 Å². The maximum atomic E-state index is 11.5. The van der Waals surface area contributed by atoms with Crippen molar-refractivity contribution in [3.63, 3.8) is 0 Å². The van der Waals surface area contributed by atoms with Crippen LogP contribution >= 0.6 is 23.2 Å². The molecule has 0 N–H and O–H groups in total. The zero-order chi connectivity index (χ0) is 29.1. The van der Waals surface area contributed by atoms with Crippen molar-refractivity contribution in [1.82, 2.24) is 9.55 Å². The van der Waals surface area contributed by atoms with E-state index in [1.807, 2.05) is 42.6 Å². The second-order valence-corrected chi connectivity index (χ2v) is 11.2. The molecule has 0 aliphatic carbocycles. The maximum Gasteiger partial charge on any atom is 1.00 e. The quantitative estimate of drug-likeness (QED) is 0.192. The summed E-state index contributed by atoms with van der Waals surface area (Å²) in [6.45, 7) is 3.08. The fraction of sp³-hybridized carbons (Fsp3) is 0.206. The first-order chi connectivity index (χ1) is 20.5. The number of morpholine rings is 1. The molecule has 0 bridgehead atoms. The minimum Gasteiger partial charge on any atom is -0.839 e. The molecule has 43 heavy (non-hydrogen) atoms. The monoisotopic (exact) mass is 636 g/mol.